The number of hydrogen-bond donors (Lipinski definition) is 1. The van der Waals surface area contributed by atoms with Gasteiger partial charge in [-0.15, -0.1) is 0 Å². The van der Waals surface area contributed by atoms with Crippen LogP contribution in [0.25, 0.3) is 0 Å². The Balaban J connectivity index is 2.68. The van der Waals surface area contributed by atoms with Crippen LogP contribution in [0.5, 0.6) is 0 Å². The molecule has 0 atom stereocenters. The van der Waals surface area contributed by atoms with Gasteiger partial charge in [0, 0.05) is 5.02 Å². The molecule has 110 valence electrons. The fourth-order valence-corrected chi connectivity index (χ4v) is 3.58. The summed E-state index contributed by atoms with van der Waals surface area (Å²) in [6.45, 7) is 3.69. The van der Waals surface area contributed by atoms with Crippen LogP contribution < -0.4 is 5.73 Å². The Morgan fingerprint density at radius 1 is 1.35 bits per heavy atom. The summed E-state index contributed by atoms with van der Waals surface area (Å²) in [7, 11) is -3.43. The van der Waals surface area contributed by atoms with Crippen LogP contribution in [-0.4, -0.2) is 14.2 Å². The summed E-state index contributed by atoms with van der Waals surface area (Å²) >= 11 is 5.81. The number of halogens is 1. The van der Waals surface area contributed by atoms with Crippen LogP contribution in [0, 0.1) is 16.7 Å². The highest BCUT2D eigenvalue weighted by Crippen LogP contribution is 2.26. The Kier molecular flexibility index (Phi) is 5.43. The first-order valence-corrected chi connectivity index (χ1v) is 8.40. The molecule has 0 heterocycles. The highest BCUT2D eigenvalue weighted by atomic mass is 35.5. The Morgan fingerprint density at radius 2 is 2.00 bits per heavy atom. The molecule has 20 heavy (non-hydrogen) atoms. The molecule has 0 aliphatic heterocycles. The number of nitriles is 1. The average Bonchev–Trinajstić information content (AvgIpc) is 2.37. The summed E-state index contributed by atoms with van der Waals surface area (Å²) in [5.74, 6) is 0.0129. The topological polar surface area (TPSA) is 84.0 Å². The normalized spacial score (nSPS) is 12.1. The molecule has 0 unspecified atom stereocenters. The number of unbranched alkanes of at least 4 members (excludes halogenated alkanes) is 1. The number of rotatable bonds is 6. The van der Waals surface area contributed by atoms with Gasteiger partial charge in [0.2, 0.25) is 0 Å². The van der Waals surface area contributed by atoms with Crippen molar-refractivity contribution in [3.05, 3.63) is 23.2 Å². The summed E-state index contributed by atoms with van der Waals surface area (Å²) in [6.07, 6.45) is 1.85. The van der Waals surface area contributed by atoms with Crippen molar-refractivity contribution >= 4 is 27.1 Å². The molecular formula is C14H19ClN2O2S. The summed E-state index contributed by atoms with van der Waals surface area (Å²) < 4.78 is 24.4. The second-order valence-corrected chi connectivity index (χ2v) is 7.97. The molecule has 0 aromatic heterocycles. The van der Waals surface area contributed by atoms with Crippen molar-refractivity contribution in [1.29, 1.82) is 5.26 Å². The second-order valence-electron chi connectivity index (χ2n) is 5.45. The minimum atomic E-state index is -3.43. The third-order valence-corrected chi connectivity index (χ3v) is 5.16. The third-order valence-electron chi connectivity index (χ3n) is 3.08. The van der Waals surface area contributed by atoms with Crippen molar-refractivity contribution in [2.45, 2.75) is 38.0 Å². The van der Waals surface area contributed by atoms with E-state index in [2.05, 4.69) is 6.07 Å². The van der Waals surface area contributed by atoms with Gasteiger partial charge in [0.05, 0.1) is 27.8 Å². The maximum atomic E-state index is 12.2. The first kappa shape index (κ1) is 16.8. The van der Waals surface area contributed by atoms with E-state index in [-0.39, 0.29) is 16.3 Å². The zero-order valence-electron chi connectivity index (χ0n) is 11.7. The summed E-state index contributed by atoms with van der Waals surface area (Å²) in [5.41, 5.74) is 5.49. The van der Waals surface area contributed by atoms with Crippen molar-refractivity contribution in [2.24, 2.45) is 5.41 Å². The van der Waals surface area contributed by atoms with E-state index in [9.17, 15) is 8.42 Å². The molecule has 0 saturated carbocycles. The SMILES string of the molecule is CC(C)(C#N)CCCCS(=O)(=O)c1cc(Cl)ccc1N. The lowest BCUT2D eigenvalue weighted by molar-refractivity contribution is 0.431. The molecule has 0 bridgehead atoms. The highest BCUT2D eigenvalue weighted by molar-refractivity contribution is 7.91. The number of nitrogen functional groups attached to an aromatic ring is 1. The number of hydrogen-bond acceptors (Lipinski definition) is 4. The Labute approximate surface area is 125 Å². The van der Waals surface area contributed by atoms with Crippen molar-refractivity contribution in [2.75, 3.05) is 11.5 Å². The first-order chi connectivity index (χ1) is 9.18. The highest BCUT2D eigenvalue weighted by Gasteiger charge is 2.20. The van der Waals surface area contributed by atoms with E-state index in [1.807, 2.05) is 13.8 Å². The zero-order chi connectivity index (χ0) is 15.4. The van der Waals surface area contributed by atoms with Crippen LogP contribution in [0.4, 0.5) is 5.69 Å². The number of nitrogens with two attached hydrogens (primary N) is 1. The third kappa shape index (κ3) is 4.69. The lowest BCUT2D eigenvalue weighted by Gasteiger charge is -2.14. The van der Waals surface area contributed by atoms with Gasteiger partial charge in [-0.25, -0.2) is 8.42 Å². The first-order valence-electron chi connectivity index (χ1n) is 6.37. The smallest absolute Gasteiger partial charge is 0.180 e. The molecule has 4 nitrogen and oxygen atoms in total. The molecule has 1 aromatic carbocycles. The van der Waals surface area contributed by atoms with E-state index >= 15 is 0 Å². The van der Waals surface area contributed by atoms with Crippen molar-refractivity contribution in [3.63, 3.8) is 0 Å². The maximum Gasteiger partial charge on any atom is 0.180 e. The van der Waals surface area contributed by atoms with Gasteiger partial charge >= 0.3 is 0 Å². The number of nitrogens with zero attached hydrogens (tertiary/aromatic N) is 1. The standard InChI is InChI=1S/C14H19ClN2O2S/c1-14(2,10-16)7-3-4-8-20(18,19)13-9-11(15)5-6-12(13)17/h5-6,9H,3-4,7-8,17H2,1-2H3. The Morgan fingerprint density at radius 3 is 2.60 bits per heavy atom. The summed E-state index contributed by atoms with van der Waals surface area (Å²) in [6, 6.07) is 6.64. The van der Waals surface area contributed by atoms with Crippen LogP contribution in [0.1, 0.15) is 33.1 Å². The van der Waals surface area contributed by atoms with Crippen molar-refractivity contribution < 1.29 is 8.42 Å². The predicted octanol–water partition coefficient (Wildman–Crippen LogP) is 3.42. The Bertz CT molecular complexity index is 619. The van der Waals surface area contributed by atoms with E-state index in [4.69, 9.17) is 22.6 Å². The van der Waals surface area contributed by atoms with E-state index in [1.165, 1.54) is 12.1 Å². The van der Waals surface area contributed by atoms with Gasteiger partial charge in [-0.3, -0.25) is 0 Å². The quantitative estimate of drug-likeness (QED) is 0.644. The fourth-order valence-electron chi connectivity index (χ4n) is 1.80. The lowest BCUT2D eigenvalue weighted by Crippen LogP contribution is -2.12. The van der Waals surface area contributed by atoms with Crippen molar-refractivity contribution in [1.82, 2.24) is 0 Å². The largest absolute Gasteiger partial charge is 0.398 e. The van der Waals surface area contributed by atoms with Crippen LogP contribution >= 0.6 is 11.6 Å². The molecule has 0 amide bonds. The molecule has 1 rings (SSSR count). The molecule has 0 aliphatic carbocycles. The summed E-state index contributed by atoms with van der Waals surface area (Å²) in [4.78, 5) is 0.0875. The molecule has 0 fully saturated rings. The zero-order valence-corrected chi connectivity index (χ0v) is 13.3. The molecule has 6 heteroatoms. The van der Waals surface area contributed by atoms with Gasteiger partial charge in [-0.2, -0.15) is 5.26 Å². The summed E-state index contributed by atoms with van der Waals surface area (Å²) in [5, 5.41) is 9.25. The van der Waals surface area contributed by atoms with Gasteiger partial charge in [0.25, 0.3) is 0 Å². The van der Waals surface area contributed by atoms with Crippen LogP contribution in [-0.2, 0) is 9.84 Å². The van der Waals surface area contributed by atoms with E-state index in [0.29, 0.717) is 24.3 Å². The van der Waals surface area contributed by atoms with Crippen LogP contribution in [0.2, 0.25) is 5.02 Å². The molecule has 0 saturated heterocycles. The fraction of sp³-hybridized carbons (Fsp3) is 0.500. The monoisotopic (exact) mass is 314 g/mol. The average molecular weight is 315 g/mol. The van der Waals surface area contributed by atoms with Crippen LogP contribution in [0.3, 0.4) is 0 Å². The maximum absolute atomic E-state index is 12.2. The van der Waals surface area contributed by atoms with Gasteiger partial charge < -0.3 is 5.73 Å². The molecule has 0 spiro atoms. The van der Waals surface area contributed by atoms with Gasteiger partial charge in [0.1, 0.15) is 0 Å². The predicted molar refractivity (Wildman–Crippen MR) is 81.2 cm³/mol. The minimum Gasteiger partial charge on any atom is -0.398 e. The van der Waals surface area contributed by atoms with Crippen LogP contribution in [0.15, 0.2) is 23.1 Å². The number of sulfone groups is 1. The Hall–Kier alpha value is -1.25. The molecule has 0 radical (unpaired) electrons. The molecule has 0 aliphatic rings. The lowest BCUT2D eigenvalue weighted by atomic mass is 9.89. The van der Waals surface area contributed by atoms with Gasteiger partial charge in [-0.1, -0.05) is 18.0 Å². The van der Waals surface area contributed by atoms with E-state index in [1.54, 1.807) is 6.07 Å². The molecule has 1 aromatic rings. The van der Waals surface area contributed by atoms with E-state index in [0.717, 1.165) is 0 Å². The number of benzene rings is 1. The van der Waals surface area contributed by atoms with Gasteiger partial charge in [-0.05, 0) is 44.9 Å². The van der Waals surface area contributed by atoms with Crippen molar-refractivity contribution in [3.8, 4) is 6.07 Å². The molecule has 2 N–H and O–H groups in total. The van der Waals surface area contributed by atoms with Gasteiger partial charge in [0.15, 0.2) is 9.84 Å². The second kappa shape index (κ2) is 6.47. The molecular weight excluding hydrogens is 296 g/mol. The van der Waals surface area contributed by atoms with E-state index < -0.39 is 15.3 Å². The minimum absolute atomic E-state index is 0.0129. The number of anilines is 1.